The van der Waals surface area contributed by atoms with Gasteiger partial charge >= 0.3 is 0 Å². The van der Waals surface area contributed by atoms with Crippen LogP contribution in [-0.2, 0) is 14.4 Å². The summed E-state index contributed by atoms with van der Waals surface area (Å²) in [6.07, 6.45) is 4.97. The number of nitrogens with zero attached hydrogens (tertiary/aromatic N) is 1. The third-order valence-electron chi connectivity index (χ3n) is 7.42. The van der Waals surface area contributed by atoms with E-state index in [4.69, 9.17) is 4.74 Å². The molecule has 1 aromatic rings. The highest BCUT2D eigenvalue weighted by Gasteiger charge is 2.73. The third kappa shape index (κ3) is 4.89. The van der Waals surface area contributed by atoms with Crippen molar-refractivity contribution in [3.63, 3.8) is 0 Å². The summed E-state index contributed by atoms with van der Waals surface area (Å²) in [5.41, 5.74) is 0.660. The number of likely N-dealkylation sites (tertiary alicyclic amines) is 1. The van der Waals surface area contributed by atoms with Gasteiger partial charge in [-0.2, -0.15) is 0 Å². The predicted molar refractivity (Wildman–Crippen MR) is 136 cm³/mol. The van der Waals surface area contributed by atoms with Gasteiger partial charge in [0.05, 0.1) is 23.2 Å². The molecule has 3 fully saturated rings. The molecular weight excluding hydrogens is 466 g/mol. The Hall–Kier alpha value is -2.26. The first-order valence-electron chi connectivity index (χ1n) is 12.9. The van der Waals surface area contributed by atoms with Crippen LogP contribution >= 0.6 is 11.8 Å². The smallest absolute Gasteiger partial charge is 0.244 e. The van der Waals surface area contributed by atoms with E-state index in [2.05, 4.69) is 17.6 Å². The van der Waals surface area contributed by atoms with Crippen molar-refractivity contribution in [2.45, 2.75) is 68.4 Å². The second kappa shape index (κ2) is 11.2. The minimum atomic E-state index is -0.605. The Morgan fingerprint density at radius 2 is 1.94 bits per heavy atom. The molecule has 5 atom stereocenters. The first-order chi connectivity index (χ1) is 17.0. The fourth-order valence-electron chi connectivity index (χ4n) is 5.95. The molecule has 0 aromatic heterocycles. The first kappa shape index (κ1) is 25.8. The van der Waals surface area contributed by atoms with Crippen LogP contribution in [0.2, 0.25) is 0 Å². The number of aliphatic hydroxyl groups excluding tert-OH is 1. The first-order valence-corrected chi connectivity index (χ1v) is 13.7. The average molecular weight is 504 g/mol. The molecule has 9 heteroatoms. The number of ether oxygens (including phenoxy) is 1. The van der Waals surface area contributed by atoms with Crippen LogP contribution in [-0.4, -0.2) is 70.1 Å². The van der Waals surface area contributed by atoms with Crippen LogP contribution in [0.4, 0.5) is 5.69 Å². The monoisotopic (exact) mass is 503 g/mol. The van der Waals surface area contributed by atoms with Crippen LogP contribution in [0.1, 0.15) is 52.4 Å². The van der Waals surface area contributed by atoms with Crippen molar-refractivity contribution in [1.29, 1.82) is 0 Å². The summed E-state index contributed by atoms with van der Waals surface area (Å²) in [5.74, 6) is -0.707. The van der Waals surface area contributed by atoms with Crippen LogP contribution < -0.4 is 15.4 Å². The van der Waals surface area contributed by atoms with E-state index < -0.39 is 22.6 Å². The predicted octanol–water partition coefficient (Wildman–Crippen LogP) is 2.80. The second-order valence-electron chi connectivity index (χ2n) is 9.61. The fraction of sp³-hybridized carbons (Fsp3) is 0.654. The molecular formula is C26H37N3O5S. The molecule has 8 nitrogen and oxygen atoms in total. The molecule has 1 aromatic carbocycles. The minimum Gasteiger partial charge on any atom is -0.494 e. The van der Waals surface area contributed by atoms with Crippen molar-refractivity contribution in [1.82, 2.24) is 10.2 Å². The number of fused-ring (bicyclic) bond motifs is 1. The molecule has 2 unspecified atom stereocenters. The highest BCUT2D eigenvalue weighted by atomic mass is 32.2. The number of thioether (sulfide) groups is 1. The summed E-state index contributed by atoms with van der Waals surface area (Å²) < 4.78 is 4.88. The topological polar surface area (TPSA) is 108 Å². The van der Waals surface area contributed by atoms with Gasteiger partial charge in [-0.15, -0.1) is 11.8 Å². The number of nitrogens with one attached hydrogen (secondary N) is 2. The van der Waals surface area contributed by atoms with E-state index in [9.17, 15) is 19.5 Å². The zero-order valence-corrected chi connectivity index (χ0v) is 21.4. The van der Waals surface area contributed by atoms with E-state index in [-0.39, 0.29) is 29.6 Å². The Morgan fingerprint density at radius 1 is 1.17 bits per heavy atom. The molecule has 192 valence electrons. The zero-order chi connectivity index (χ0) is 25.0. The molecule has 3 amide bonds. The summed E-state index contributed by atoms with van der Waals surface area (Å²) in [5, 5.41) is 15.5. The van der Waals surface area contributed by atoms with Gasteiger partial charge in [-0.3, -0.25) is 14.4 Å². The molecule has 3 N–H and O–H groups in total. The van der Waals surface area contributed by atoms with Crippen LogP contribution in [0, 0.1) is 11.8 Å². The van der Waals surface area contributed by atoms with Gasteiger partial charge in [0.25, 0.3) is 0 Å². The van der Waals surface area contributed by atoms with Gasteiger partial charge in [0, 0.05) is 30.6 Å². The Labute approximate surface area is 211 Å². The van der Waals surface area contributed by atoms with E-state index in [1.165, 1.54) is 0 Å². The highest BCUT2D eigenvalue weighted by molar-refractivity contribution is 8.02. The van der Waals surface area contributed by atoms with Gasteiger partial charge in [-0.1, -0.05) is 19.8 Å². The number of carbonyl (C=O) groups is 3. The summed E-state index contributed by atoms with van der Waals surface area (Å²) in [7, 11) is 0. The molecule has 3 heterocycles. The SMILES string of the molecule is CCCCCNC(=O)C1N(CCCO)C(=O)[C@@H]2[C@@H](C(=O)Nc3ccc(OCC)cc3)[C@H]3CCC12S3. The number of hydrogen-bond acceptors (Lipinski definition) is 6. The summed E-state index contributed by atoms with van der Waals surface area (Å²) in [6.45, 7) is 5.45. The maximum absolute atomic E-state index is 13.7. The summed E-state index contributed by atoms with van der Waals surface area (Å²) in [4.78, 5) is 42.2. The van der Waals surface area contributed by atoms with Crippen LogP contribution in [0.3, 0.4) is 0 Å². The molecule has 0 radical (unpaired) electrons. The lowest BCUT2D eigenvalue weighted by Gasteiger charge is -2.34. The van der Waals surface area contributed by atoms with E-state index in [0.29, 0.717) is 31.8 Å². The van der Waals surface area contributed by atoms with Crippen LogP contribution in [0.15, 0.2) is 24.3 Å². The fourth-order valence-corrected chi connectivity index (χ4v) is 8.16. The maximum atomic E-state index is 13.7. The van der Waals surface area contributed by atoms with Crippen molar-refractivity contribution in [2.75, 3.05) is 31.6 Å². The molecule has 3 aliphatic rings. The van der Waals surface area contributed by atoms with E-state index in [1.54, 1.807) is 28.8 Å². The summed E-state index contributed by atoms with van der Waals surface area (Å²) >= 11 is 1.66. The van der Waals surface area contributed by atoms with Crippen molar-refractivity contribution in [3.05, 3.63) is 24.3 Å². The lowest BCUT2D eigenvalue weighted by Crippen LogP contribution is -2.53. The number of carbonyl (C=O) groups excluding carboxylic acids is 3. The van der Waals surface area contributed by atoms with Gasteiger partial charge < -0.3 is 25.4 Å². The number of hydrogen-bond donors (Lipinski definition) is 3. The van der Waals surface area contributed by atoms with Crippen molar-refractivity contribution in [2.24, 2.45) is 11.8 Å². The Balaban J connectivity index is 1.54. The number of benzene rings is 1. The quantitative estimate of drug-likeness (QED) is 0.379. The van der Waals surface area contributed by atoms with Crippen molar-refractivity contribution in [3.8, 4) is 5.75 Å². The Bertz CT molecular complexity index is 926. The standard InChI is InChI=1S/C26H37N3O5S/c1-3-5-6-14-27-24(32)22-26-13-12-19(35-26)20(21(26)25(33)29(22)15-7-16-30)23(31)28-17-8-10-18(11-9-17)34-4-2/h8-11,19-22,30H,3-7,12-16H2,1-2H3,(H,27,32)(H,28,31)/t19-,20+,21+,22?,26?/m1/s1. The number of unbranched alkanes of at least 4 members (excludes halogenated alkanes) is 2. The largest absolute Gasteiger partial charge is 0.494 e. The molecule has 0 saturated carbocycles. The Morgan fingerprint density at radius 3 is 2.63 bits per heavy atom. The van der Waals surface area contributed by atoms with E-state index in [0.717, 1.165) is 37.9 Å². The molecule has 1 spiro atoms. The number of amides is 3. The van der Waals surface area contributed by atoms with Gasteiger partial charge in [0.1, 0.15) is 11.8 Å². The van der Waals surface area contributed by atoms with Crippen LogP contribution in [0.5, 0.6) is 5.75 Å². The number of aliphatic hydroxyl groups is 1. The molecule has 3 aliphatic heterocycles. The van der Waals surface area contributed by atoms with Gasteiger partial charge in [0.15, 0.2) is 0 Å². The van der Waals surface area contributed by atoms with Crippen LogP contribution in [0.25, 0.3) is 0 Å². The van der Waals surface area contributed by atoms with E-state index in [1.807, 2.05) is 19.1 Å². The minimum absolute atomic E-state index is 0.0158. The lowest BCUT2D eigenvalue weighted by molar-refractivity contribution is -0.139. The summed E-state index contributed by atoms with van der Waals surface area (Å²) in [6, 6.07) is 6.62. The molecule has 3 saturated heterocycles. The van der Waals surface area contributed by atoms with E-state index >= 15 is 0 Å². The molecule has 35 heavy (non-hydrogen) atoms. The highest BCUT2D eigenvalue weighted by Crippen LogP contribution is 2.66. The normalized spacial score (nSPS) is 28.8. The van der Waals surface area contributed by atoms with Gasteiger partial charge in [0.2, 0.25) is 17.7 Å². The van der Waals surface area contributed by atoms with Crippen molar-refractivity contribution < 1.29 is 24.2 Å². The maximum Gasteiger partial charge on any atom is 0.244 e. The molecule has 4 rings (SSSR count). The Kier molecular flexibility index (Phi) is 8.27. The molecule has 0 aliphatic carbocycles. The van der Waals surface area contributed by atoms with Gasteiger partial charge in [-0.25, -0.2) is 0 Å². The second-order valence-corrected chi connectivity index (χ2v) is 11.2. The lowest BCUT2D eigenvalue weighted by atomic mass is 9.70. The third-order valence-corrected chi connectivity index (χ3v) is 9.37. The average Bonchev–Trinajstić information content (AvgIpc) is 3.49. The zero-order valence-electron chi connectivity index (χ0n) is 20.6. The number of anilines is 1. The number of rotatable bonds is 12. The van der Waals surface area contributed by atoms with Crippen molar-refractivity contribution >= 4 is 35.2 Å². The molecule has 2 bridgehead atoms. The van der Waals surface area contributed by atoms with Gasteiger partial charge in [-0.05, 0) is 56.9 Å².